The standard InChI is InChI=1S/C9H20N2O2/c1-8(2)13-6-4-3-5-11-7-9(10)12/h8,11H,3-7H2,1-2H3,(H2,10,12). The average Bonchev–Trinajstić information content (AvgIpc) is 2.01. The summed E-state index contributed by atoms with van der Waals surface area (Å²) in [5, 5.41) is 2.94. The number of carbonyl (C=O) groups excluding carboxylic acids is 1. The fraction of sp³-hybridized carbons (Fsp3) is 0.889. The Kier molecular flexibility index (Phi) is 7.63. The highest BCUT2D eigenvalue weighted by molar-refractivity contribution is 5.75. The largest absolute Gasteiger partial charge is 0.379 e. The van der Waals surface area contributed by atoms with E-state index in [0.717, 1.165) is 26.0 Å². The van der Waals surface area contributed by atoms with E-state index < -0.39 is 0 Å². The molecule has 4 nitrogen and oxygen atoms in total. The number of ether oxygens (including phenoxy) is 1. The third kappa shape index (κ3) is 11.4. The zero-order valence-electron chi connectivity index (χ0n) is 8.51. The maximum atomic E-state index is 10.3. The molecule has 0 radical (unpaired) electrons. The Labute approximate surface area is 79.8 Å². The van der Waals surface area contributed by atoms with Crippen LogP contribution >= 0.6 is 0 Å². The van der Waals surface area contributed by atoms with E-state index in [4.69, 9.17) is 10.5 Å². The summed E-state index contributed by atoms with van der Waals surface area (Å²) in [4.78, 5) is 10.3. The molecule has 0 bridgehead atoms. The minimum absolute atomic E-state index is 0.269. The molecule has 0 heterocycles. The second-order valence-corrected chi connectivity index (χ2v) is 3.27. The number of carbonyl (C=O) groups is 1. The molecule has 3 N–H and O–H groups in total. The molecule has 0 saturated carbocycles. The van der Waals surface area contributed by atoms with Crippen LogP contribution in [0.5, 0.6) is 0 Å². The highest BCUT2D eigenvalue weighted by Gasteiger charge is 1.94. The van der Waals surface area contributed by atoms with Crippen LogP contribution in [0.3, 0.4) is 0 Å². The molecular formula is C9H20N2O2. The van der Waals surface area contributed by atoms with Crippen LogP contribution in [0.15, 0.2) is 0 Å². The van der Waals surface area contributed by atoms with Crippen molar-refractivity contribution in [3.63, 3.8) is 0 Å². The highest BCUT2D eigenvalue weighted by atomic mass is 16.5. The van der Waals surface area contributed by atoms with Crippen LogP contribution in [0.25, 0.3) is 0 Å². The smallest absolute Gasteiger partial charge is 0.231 e. The van der Waals surface area contributed by atoms with E-state index in [1.165, 1.54) is 0 Å². The van der Waals surface area contributed by atoms with Crippen molar-refractivity contribution in [1.82, 2.24) is 5.32 Å². The first-order valence-corrected chi connectivity index (χ1v) is 4.73. The Bertz CT molecular complexity index is 138. The predicted octanol–water partition coefficient (Wildman–Crippen LogP) is 0.267. The molecule has 0 aliphatic heterocycles. The predicted molar refractivity (Wildman–Crippen MR) is 52.4 cm³/mol. The molecule has 4 heteroatoms. The van der Waals surface area contributed by atoms with Gasteiger partial charge in [-0.1, -0.05) is 0 Å². The van der Waals surface area contributed by atoms with Gasteiger partial charge in [0.1, 0.15) is 0 Å². The van der Waals surface area contributed by atoms with Crippen LogP contribution < -0.4 is 11.1 Å². The lowest BCUT2D eigenvalue weighted by molar-refractivity contribution is -0.117. The van der Waals surface area contributed by atoms with E-state index in [1.54, 1.807) is 0 Å². The maximum Gasteiger partial charge on any atom is 0.231 e. The number of nitrogens with two attached hydrogens (primary N) is 1. The van der Waals surface area contributed by atoms with Crippen molar-refractivity contribution in [3.8, 4) is 0 Å². The van der Waals surface area contributed by atoms with Crippen molar-refractivity contribution in [3.05, 3.63) is 0 Å². The number of hydrogen-bond donors (Lipinski definition) is 2. The van der Waals surface area contributed by atoms with Gasteiger partial charge in [0.25, 0.3) is 0 Å². The molecule has 0 aromatic carbocycles. The van der Waals surface area contributed by atoms with E-state index in [-0.39, 0.29) is 12.5 Å². The summed E-state index contributed by atoms with van der Waals surface area (Å²) in [5.74, 6) is -0.307. The maximum absolute atomic E-state index is 10.3. The Morgan fingerprint density at radius 3 is 2.69 bits per heavy atom. The lowest BCUT2D eigenvalue weighted by Gasteiger charge is -2.06. The summed E-state index contributed by atoms with van der Waals surface area (Å²) in [6, 6.07) is 0. The molecule has 0 rings (SSSR count). The summed E-state index contributed by atoms with van der Waals surface area (Å²) < 4.78 is 5.35. The minimum atomic E-state index is -0.307. The Morgan fingerprint density at radius 1 is 1.46 bits per heavy atom. The van der Waals surface area contributed by atoms with Crippen molar-refractivity contribution in [2.45, 2.75) is 32.8 Å². The monoisotopic (exact) mass is 188 g/mol. The summed E-state index contributed by atoms with van der Waals surface area (Å²) in [6.07, 6.45) is 2.34. The Hall–Kier alpha value is -0.610. The van der Waals surface area contributed by atoms with E-state index in [1.807, 2.05) is 13.8 Å². The van der Waals surface area contributed by atoms with Crippen LogP contribution in [0.2, 0.25) is 0 Å². The SMILES string of the molecule is CC(C)OCCCCNCC(N)=O. The Balaban J connectivity index is 2.96. The van der Waals surface area contributed by atoms with E-state index >= 15 is 0 Å². The fourth-order valence-corrected chi connectivity index (χ4v) is 0.883. The highest BCUT2D eigenvalue weighted by Crippen LogP contribution is 1.92. The number of rotatable bonds is 8. The third-order valence-electron chi connectivity index (χ3n) is 1.50. The van der Waals surface area contributed by atoms with Gasteiger partial charge < -0.3 is 15.8 Å². The molecule has 0 aliphatic carbocycles. The van der Waals surface area contributed by atoms with Crippen LogP contribution in [-0.4, -0.2) is 31.7 Å². The van der Waals surface area contributed by atoms with Crippen molar-refractivity contribution in [2.24, 2.45) is 5.73 Å². The van der Waals surface area contributed by atoms with Crippen LogP contribution in [-0.2, 0) is 9.53 Å². The zero-order valence-corrected chi connectivity index (χ0v) is 8.51. The van der Waals surface area contributed by atoms with E-state index in [0.29, 0.717) is 6.10 Å². The van der Waals surface area contributed by atoms with Crippen LogP contribution in [0.1, 0.15) is 26.7 Å². The number of primary amides is 1. The average molecular weight is 188 g/mol. The van der Waals surface area contributed by atoms with Crippen molar-refractivity contribution in [2.75, 3.05) is 19.7 Å². The first-order valence-electron chi connectivity index (χ1n) is 4.73. The third-order valence-corrected chi connectivity index (χ3v) is 1.50. The fourth-order valence-electron chi connectivity index (χ4n) is 0.883. The van der Waals surface area contributed by atoms with Gasteiger partial charge in [0.05, 0.1) is 12.6 Å². The van der Waals surface area contributed by atoms with Gasteiger partial charge in [-0.3, -0.25) is 4.79 Å². The molecule has 0 atom stereocenters. The molecule has 78 valence electrons. The van der Waals surface area contributed by atoms with Crippen molar-refractivity contribution < 1.29 is 9.53 Å². The topological polar surface area (TPSA) is 64.3 Å². The molecule has 0 spiro atoms. The number of nitrogens with one attached hydrogen (secondary N) is 1. The van der Waals surface area contributed by atoms with Crippen LogP contribution in [0, 0.1) is 0 Å². The molecule has 0 aromatic heterocycles. The van der Waals surface area contributed by atoms with Crippen molar-refractivity contribution in [1.29, 1.82) is 0 Å². The van der Waals surface area contributed by atoms with Gasteiger partial charge in [-0.2, -0.15) is 0 Å². The van der Waals surface area contributed by atoms with E-state index in [2.05, 4.69) is 5.32 Å². The number of unbranched alkanes of at least 4 members (excludes halogenated alkanes) is 1. The van der Waals surface area contributed by atoms with Gasteiger partial charge in [0.2, 0.25) is 5.91 Å². The van der Waals surface area contributed by atoms with Crippen molar-refractivity contribution >= 4 is 5.91 Å². The summed E-state index contributed by atoms with van der Waals surface area (Å²) in [5.41, 5.74) is 4.95. The van der Waals surface area contributed by atoms with E-state index in [9.17, 15) is 4.79 Å². The molecule has 1 amide bonds. The molecule has 0 aliphatic rings. The first-order chi connectivity index (χ1) is 6.13. The van der Waals surface area contributed by atoms with Gasteiger partial charge in [0.15, 0.2) is 0 Å². The van der Waals surface area contributed by atoms with Gasteiger partial charge in [0, 0.05) is 6.61 Å². The molecular weight excluding hydrogens is 168 g/mol. The number of amides is 1. The Morgan fingerprint density at radius 2 is 2.15 bits per heavy atom. The van der Waals surface area contributed by atoms with Gasteiger partial charge in [-0.25, -0.2) is 0 Å². The minimum Gasteiger partial charge on any atom is -0.379 e. The molecule has 0 unspecified atom stereocenters. The molecule has 13 heavy (non-hydrogen) atoms. The normalized spacial score (nSPS) is 10.7. The molecule has 0 fully saturated rings. The quantitative estimate of drug-likeness (QED) is 0.537. The summed E-state index contributed by atoms with van der Waals surface area (Å²) in [7, 11) is 0. The van der Waals surface area contributed by atoms with Gasteiger partial charge >= 0.3 is 0 Å². The second kappa shape index (κ2) is 8.01. The zero-order chi connectivity index (χ0) is 10.1. The lowest BCUT2D eigenvalue weighted by Crippen LogP contribution is -2.29. The summed E-state index contributed by atoms with van der Waals surface area (Å²) >= 11 is 0. The number of hydrogen-bond acceptors (Lipinski definition) is 3. The molecule has 0 aromatic rings. The van der Waals surface area contributed by atoms with Gasteiger partial charge in [-0.15, -0.1) is 0 Å². The molecule has 0 saturated heterocycles. The van der Waals surface area contributed by atoms with Gasteiger partial charge in [-0.05, 0) is 33.2 Å². The summed E-state index contributed by atoms with van der Waals surface area (Å²) in [6.45, 7) is 5.92. The second-order valence-electron chi connectivity index (χ2n) is 3.27. The first kappa shape index (κ1) is 12.4. The lowest BCUT2D eigenvalue weighted by atomic mass is 10.3. The van der Waals surface area contributed by atoms with Crippen LogP contribution in [0.4, 0.5) is 0 Å².